The minimum Gasteiger partial charge on any atom is -0.198 e. The molecule has 0 radical (unpaired) electrons. The van der Waals surface area contributed by atoms with Crippen molar-refractivity contribution < 1.29 is 0 Å². The molecule has 1 rings (SSSR count). The van der Waals surface area contributed by atoms with Crippen LogP contribution in [0.1, 0.15) is 37.8 Å². The van der Waals surface area contributed by atoms with Gasteiger partial charge in [-0.15, -0.1) is 0 Å². The molecule has 1 nitrogen and oxygen atoms in total. The van der Waals surface area contributed by atoms with Crippen LogP contribution in [-0.2, 0) is 0 Å². The second-order valence-electron chi connectivity index (χ2n) is 2.53. The van der Waals surface area contributed by atoms with Gasteiger partial charge in [0.15, 0.2) is 0 Å². The van der Waals surface area contributed by atoms with E-state index in [0.717, 1.165) is 5.69 Å². The topological polar surface area (TPSA) is 12.9 Å². The van der Waals surface area contributed by atoms with E-state index in [2.05, 4.69) is 24.3 Å². The van der Waals surface area contributed by atoms with Gasteiger partial charge in [0.05, 0.1) is 5.69 Å². The van der Waals surface area contributed by atoms with Crippen molar-refractivity contribution in [2.24, 2.45) is 0 Å². The zero-order valence-electron chi connectivity index (χ0n) is 6.01. The Labute approximate surface area is 67.3 Å². The van der Waals surface area contributed by atoms with Gasteiger partial charge in [-0.1, -0.05) is 21.3 Å². The van der Waals surface area contributed by atoms with Crippen molar-refractivity contribution in [2.45, 2.75) is 34.1 Å². The van der Waals surface area contributed by atoms with Crippen LogP contribution in [0.15, 0.2) is 6.07 Å². The second-order valence-corrected chi connectivity index (χ2v) is 3.36. The minimum atomic E-state index is 0. The molecule has 0 spiro atoms. The lowest BCUT2D eigenvalue weighted by Crippen LogP contribution is -1.77. The molecule has 1 aromatic heterocycles. The Morgan fingerprint density at radius 1 is 1.50 bits per heavy atom. The summed E-state index contributed by atoms with van der Waals surface area (Å²) in [5, 5.41) is 0. The standard InChI is InChI=1S/C7H11NS.CH4/c1-5(2)7-4-6(3)8-9-7;/h4-5H,1-3H3;1H4. The Bertz CT molecular complexity index is 191. The predicted octanol–water partition coefficient (Wildman–Crippen LogP) is 3.21. The molecule has 0 saturated carbocycles. The highest BCUT2D eigenvalue weighted by Gasteiger charge is 2.00. The number of rotatable bonds is 1. The average Bonchev–Trinajstić information content (AvgIpc) is 2.14. The molecular weight excluding hydrogens is 142 g/mol. The van der Waals surface area contributed by atoms with E-state index in [1.807, 2.05) is 6.92 Å². The Morgan fingerprint density at radius 3 is 2.30 bits per heavy atom. The third kappa shape index (κ3) is 2.10. The van der Waals surface area contributed by atoms with Gasteiger partial charge in [0.1, 0.15) is 0 Å². The highest BCUT2D eigenvalue weighted by atomic mass is 32.1. The number of aromatic nitrogens is 1. The lowest BCUT2D eigenvalue weighted by Gasteiger charge is -1.94. The average molecular weight is 157 g/mol. The Hall–Kier alpha value is -0.370. The van der Waals surface area contributed by atoms with Gasteiger partial charge in [-0.25, -0.2) is 0 Å². The van der Waals surface area contributed by atoms with Gasteiger partial charge in [-0.05, 0) is 30.4 Å². The smallest absolute Gasteiger partial charge is 0.0514 e. The molecule has 0 amide bonds. The lowest BCUT2D eigenvalue weighted by atomic mass is 10.2. The van der Waals surface area contributed by atoms with E-state index in [1.54, 1.807) is 11.5 Å². The highest BCUT2D eigenvalue weighted by Crippen LogP contribution is 2.18. The number of hydrogen-bond acceptors (Lipinski definition) is 2. The Morgan fingerprint density at radius 2 is 2.10 bits per heavy atom. The molecule has 1 aromatic rings. The first-order valence-corrected chi connectivity index (χ1v) is 3.90. The van der Waals surface area contributed by atoms with Crippen molar-refractivity contribution in [3.8, 4) is 0 Å². The van der Waals surface area contributed by atoms with E-state index in [4.69, 9.17) is 0 Å². The van der Waals surface area contributed by atoms with Gasteiger partial charge in [0.2, 0.25) is 0 Å². The number of hydrogen-bond donors (Lipinski definition) is 0. The summed E-state index contributed by atoms with van der Waals surface area (Å²) >= 11 is 1.61. The molecular formula is C8H15NS. The van der Waals surface area contributed by atoms with Gasteiger partial charge in [0, 0.05) is 4.88 Å². The maximum Gasteiger partial charge on any atom is 0.0514 e. The zero-order chi connectivity index (χ0) is 6.85. The van der Waals surface area contributed by atoms with Crippen LogP contribution >= 0.6 is 11.5 Å². The van der Waals surface area contributed by atoms with Crippen molar-refractivity contribution in [3.05, 3.63) is 16.6 Å². The summed E-state index contributed by atoms with van der Waals surface area (Å²) in [5.41, 5.74) is 1.14. The fraction of sp³-hybridized carbons (Fsp3) is 0.625. The molecule has 0 aliphatic heterocycles. The van der Waals surface area contributed by atoms with Gasteiger partial charge < -0.3 is 0 Å². The van der Waals surface area contributed by atoms with Crippen LogP contribution < -0.4 is 0 Å². The molecule has 0 aliphatic carbocycles. The minimum absolute atomic E-state index is 0. The van der Waals surface area contributed by atoms with E-state index in [0.29, 0.717) is 5.92 Å². The molecule has 0 fully saturated rings. The summed E-state index contributed by atoms with van der Waals surface area (Å²) in [7, 11) is 0. The van der Waals surface area contributed by atoms with Crippen LogP contribution in [0.4, 0.5) is 0 Å². The molecule has 0 unspecified atom stereocenters. The normalized spacial score (nSPS) is 9.60. The maximum absolute atomic E-state index is 4.18. The molecule has 0 N–H and O–H groups in total. The monoisotopic (exact) mass is 157 g/mol. The lowest BCUT2D eigenvalue weighted by molar-refractivity contribution is 0.889. The fourth-order valence-corrected chi connectivity index (χ4v) is 1.39. The van der Waals surface area contributed by atoms with Crippen LogP contribution in [0.2, 0.25) is 0 Å². The second kappa shape index (κ2) is 3.71. The third-order valence-corrected chi connectivity index (χ3v) is 2.39. The largest absolute Gasteiger partial charge is 0.198 e. The first-order chi connectivity index (χ1) is 4.20. The summed E-state index contributed by atoms with van der Waals surface area (Å²) in [6.45, 7) is 6.41. The molecule has 0 atom stereocenters. The van der Waals surface area contributed by atoms with E-state index < -0.39 is 0 Å². The number of nitrogens with zero attached hydrogens (tertiary/aromatic N) is 1. The number of aryl methyl sites for hydroxylation is 1. The first kappa shape index (κ1) is 9.63. The summed E-state index contributed by atoms with van der Waals surface area (Å²) in [6.07, 6.45) is 0. The van der Waals surface area contributed by atoms with Gasteiger partial charge >= 0.3 is 0 Å². The highest BCUT2D eigenvalue weighted by molar-refractivity contribution is 7.05. The molecule has 0 bridgehead atoms. The van der Waals surface area contributed by atoms with Crippen molar-refractivity contribution in [1.82, 2.24) is 4.37 Å². The van der Waals surface area contributed by atoms with Crippen molar-refractivity contribution in [2.75, 3.05) is 0 Å². The van der Waals surface area contributed by atoms with Crippen LogP contribution in [-0.4, -0.2) is 4.37 Å². The SMILES string of the molecule is C.Cc1cc(C(C)C)sn1. The Balaban J connectivity index is 0.000000810. The molecule has 1 heterocycles. The molecule has 58 valence electrons. The van der Waals surface area contributed by atoms with Gasteiger partial charge in [0.25, 0.3) is 0 Å². The van der Waals surface area contributed by atoms with Crippen LogP contribution in [0.25, 0.3) is 0 Å². The van der Waals surface area contributed by atoms with E-state index in [9.17, 15) is 0 Å². The van der Waals surface area contributed by atoms with Crippen molar-refractivity contribution in [3.63, 3.8) is 0 Å². The van der Waals surface area contributed by atoms with E-state index >= 15 is 0 Å². The zero-order valence-corrected chi connectivity index (χ0v) is 6.83. The first-order valence-electron chi connectivity index (χ1n) is 3.13. The summed E-state index contributed by atoms with van der Waals surface area (Å²) in [6, 6.07) is 2.15. The van der Waals surface area contributed by atoms with E-state index in [-0.39, 0.29) is 7.43 Å². The van der Waals surface area contributed by atoms with Gasteiger partial charge in [-0.3, -0.25) is 0 Å². The van der Waals surface area contributed by atoms with E-state index in [1.165, 1.54) is 4.88 Å². The molecule has 0 saturated heterocycles. The fourth-order valence-electron chi connectivity index (χ4n) is 0.655. The van der Waals surface area contributed by atoms with Crippen molar-refractivity contribution >= 4 is 11.5 Å². The predicted molar refractivity (Wildman–Crippen MR) is 47.7 cm³/mol. The van der Waals surface area contributed by atoms with Gasteiger partial charge in [-0.2, -0.15) is 4.37 Å². The summed E-state index contributed by atoms with van der Waals surface area (Å²) in [5.74, 6) is 0.635. The summed E-state index contributed by atoms with van der Waals surface area (Å²) in [4.78, 5) is 1.38. The van der Waals surface area contributed by atoms with Crippen LogP contribution in [0.5, 0.6) is 0 Å². The van der Waals surface area contributed by atoms with Crippen LogP contribution in [0.3, 0.4) is 0 Å². The maximum atomic E-state index is 4.18. The molecule has 0 aliphatic rings. The summed E-state index contributed by atoms with van der Waals surface area (Å²) < 4.78 is 4.18. The molecule has 0 aromatic carbocycles. The quantitative estimate of drug-likeness (QED) is 0.610. The van der Waals surface area contributed by atoms with Crippen LogP contribution in [0, 0.1) is 6.92 Å². The molecule has 10 heavy (non-hydrogen) atoms. The van der Waals surface area contributed by atoms with Crippen molar-refractivity contribution in [1.29, 1.82) is 0 Å². The third-order valence-electron chi connectivity index (χ3n) is 1.22. The Kier molecular flexibility index (Phi) is 3.58. The molecule has 2 heteroatoms.